The fourth-order valence-electron chi connectivity index (χ4n) is 2.41. The Kier molecular flexibility index (Phi) is 4.84. The Labute approximate surface area is 120 Å². The van der Waals surface area contributed by atoms with E-state index >= 15 is 0 Å². The predicted molar refractivity (Wildman–Crippen MR) is 71.8 cm³/mol. The topological polar surface area (TPSA) is 52.6 Å². The molecule has 1 aliphatic rings. The molecule has 1 aromatic carbocycles. The van der Waals surface area contributed by atoms with Crippen molar-refractivity contribution < 1.29 is 23.1 Å². The van der Waals surface area contributed by atoms with Gasteiger partial charge in [-0.3, -0.25) is 9.69 Å². The van der Waals surface area contributed by atoms with Gasteiger partial charge < -0.3 is 10.4 Å². The maximum Gasteiger partial charge on any atom is 0.418 e. The van der Waals surface area contributed by atoms with Crippen LogP contribution < -0.4 is 5.32 Å². The molecular weight excluding hydrogens is 285 g/mol. The van der Waals surface area contributed by atoms with Crippen molar-refractivity contribution in [2.24, 2.45) is 0 Å². The fourth-order valence-corrected chi connectivity index (χ4v) is 2.41. The van der Waals surface area contributed by atoms with Gasteiger partial charge in [-0.15, -0.1) is 0 Å². The zero-order valence-electron chi connectivity index (χ0n) is 11.4. The first-order valence-electron chi connectivity index (χ1n) is 6.73. The van der Waals surface area contributed by atoms with Crippen LogP contribution in [0, 0.1) is 0 Å². The number of aliphatic hydroxyl groups is 1. The molecule has 0 aliphatic carbocycles. The van der Waals surface area contributed by atoms with Gasteiger partial charge in [0.1, 0.15) is 0 Å². The number of piperidine rings is 1. The minimum atomic E-state index is -4.51. The van der Waals surface area contributed by atoms with Gasteiger partial charge in [0.05, 0.1) is 23.9 Å². The number of carbonyl (C=O) groups is 1. The summed E-state index contributed by atoms with van der Waals surface area (Å²) >= 11 is 0. The highest BCUT2D eigenvalue weighted by Crippen LogP contribution is 2.34. The van der Waals surface area contributed by atoms with Crippen molar-refractivity contribution in [3.05, 3.63) is 29.8 Å². The van der Waals surface area contributed by atoms with E-state index in [0.29, 0.717) is 19.5 Å². The number of amides is 1. The molecule has 0 aromatic heterocycles. The zero-order chi connectivity index (χ0) is 15.5. The van der Waals surface area contributed by atoms with Gasteiger partial charge in [-0.25, -0.2) is 0 Å². The number of nitrogens with zero attached hydrogens (tertiary/aromatic N) is 1. The van der Waals surface area contributed by atoms with Crippen LogP contribution in [0.2, 0.25) is 0 Å². The molecule has 2 N–H and O–H groups in total. The molecule has 1 heterocycles. The maximum absolute atomic E-state index is 12.8. The number of para-hydroxylation sites is 1. The molecule has 2 rings (SSSR count). The van der Waals surface area contributed by atoms with Crippen LogP contribution in [0.4, 0.5) is 18.9 Å². The quantitative estimate of drug-likeness (QED) is 0.899. The van der Waals surface area contributed by atoms with Gasteiger partial charge in [-0.2, -0.15) is 13.2 Å². The van der Waals surface area contributed by atoms with Crippen molar-refractivity contribution in [1.82, 2.24) is 4.90 Å². The third-order valence-electron chi connectivity index (χ3n) is 3.35. The van der Waals surface area contributed by atoms with Crippen LogP contribution in [-0.4, -0.2) is 41.7 Å². The smallest absolute Gasteiger partial charge is 0.392 e. The minimum absolute atomic E-state index is 0.0246. The first-order chi connectivity index (χ1) is 9.86. The molecule has 0 radical (unpaired) electrons. The van der Waals surface area contributed by atoms with Crippen molar-refractivity contribution in [3.8, 4) is 0 Å². The molecule has 0 spiro atoms. The lowest BCUT2D eigenvalue weighted by molar-refractivity contribution is -0.137. The largest absolute Gasteiger partial charge is 0.418 e. The standard InChI is InChI=1S/C14H17F3N2O2/c15-14(16,17)11-5-1-2-6-12(11)18-13(21)9-19-7-3-4-10(20)8-19/h1-2,5-6,10,20H,3-4,7-9H2,(H,18,21). The van der Waals surface area contributed by atoms with E-state index in [4.69, 9.17) is 0 Å². The first kappa shape index (κ1) is 15.8. The average Bonchev–Trinajstić information content (AvgIpc) is 2.37. The lowest BCUT2D eigenvalue weighted by Gasteiger charge is -2.29. The van der Waals surface area contributed by atoms with Gasteiger partial charge >= 0.3 is 6.18 Å². The Morgan fingerprint density at radius 2 is 2.10 bits per heavy atom. The molecule has 7 heteroatoms. The van der Waals surface area contributed by atoms with E-state index in [1.165, 1.54) is 18.2 Å². The third kappa shape index (κ3) is 4.44. The lowest BCUT2D eigenvalue weighted by Crippen LogP contribution is -2.42. The molecule has 0 bridgehead atoms. The molecule has 4 nitrogen and oxygen atoms in total. The number of hydrogen-bond donors (Lipinski definition) is 2. The van der Waals surface area contributed by atoms with Crippen LogP contribution in [0.1, 0.15) is 18.4 Å². The van der Waals surface area contributed by atoms with E-state index in [-0.39, 0.29) is 12.2 Å². The summed E-state index contributed by atoms with van der Waals surface area (Å²) in [5.74, 6) is -0.513. The summed E-state index contributed by atoms with van der Waals surface area (Å²) in [5, 5.41) is 11.8. The Morgan fingerprint density at radius 1 is 1.38 bits per heavy atom. The Morgan fingerprint density at radius 3 is 2.76 bits per heavy atom. The van der Waals surface area contributed by atoms with E-state index in [1.54, 1.807) is 4.90 Å². The summed E-state index contributed by atoms with van der Waals surface area (Å²) in [6.07, 6.45) is -3.53. The van der Waals surface area contributed by atoms with Crippen LogP contribution in [0.15, 0.2) is 24.3 Å². The van der Waals surface area contributed by atoms with Crippen LogP contribution in [-0.2, 0) is 11.0 Å². The third-order valence-corrected chi connectivity index (χ3v) is 3.35. The highest BCUT2D eigenvalue weighted by Gasteiger charge is 2.33. The molecule has 1 fully saturated rings. The second kappa shape index (κ2) is 6.44. The molecule has 1 aromatic rings. The van der Waals surface area contributed by atoms with Gasteiger partial charge in [0.2, 0.25) is 5.91 Å². The number of β-amino-alcohol motifs (C(OH)–C–C–N with tert-alkyl or cyclic N) is 1. The van der Waals surface area contributed by atoms with Gasteiger partial charge in [-0.05, 0) is 31.5 Å². The van der Waals surface area contributed by atoms with Crippen molar-refractivity contribution in [1.29, 1.82) is 0 Å². The number of benzene rings is 1. The normalized spacial score (nSPS) is 20.3. The SMILES string of the molecule is O=C(CN1CCCC(O)C1)Nc1ccccc1C(F)(F)F. The summed E-state index contributed by atoms with van der Waals surface area (Å²) in [5.41, 5.74) is -1.11. The van der Waals surface area contributed by atoms with Gasteiger partial charge in [0, 0.05) is 6.54 Å². The van der Waals surface area contributed by atoms with E-state index in [0.717, 1.165) is 12.5 Å². The Balaban J connectivity index is 2.00. The van der Waals surface area contributed by atoms with E-state index < -0.39 is 23.8 Å². The maximum atomic E-state index is 12.8. The molecule has 1 saturated heterocycles. The highest BCUT2D eigenvalue weighted by molar-refractivity contribution is 5.93. The van der Waals surface area contributed by atoms with E-state index in [9.17, 15) is 23.1 Å². The molecule has 1 aliphatic heterocycles. The number of rotatable bonds is 3. The molecular formula is C14H17F3N2O2. The van der Waals surface area contributed by atoms with E-state index in [1.807, 2.05) is 0 Å². The zero-order valence-corrected chi connectivity index (χ0v) is 11.4. The molecule has 0 saturated carbocycles. The molecule has 116 valence electrons. The van der Waals surface area contributed by atoms with Gasteiger partial charge in [-0.1, -0.05) is 12.1 Å². The molecule has 21 heavy (non-hydrogen) atoms. The monoisotopic (exact) mass is 302 g/mol. The van der Waals surface area contributed by atoms with Crippen molar-refractivity contribution in [2.45, 2.75) is 25.1 Å². The van der Waals surface area contributed by atoms with Gasteiger partial charge in [0.15, 0.2) is 0 Å². The summed E-state index contributed by atoms with van der Waals surface area (Å²) in [7, 11) is 0. The number of nitrogens with one attached hydrogen (secondary N) is 1. The Bertz CT molecular complexity index is 505. The summed E-state index contributed by atoms with van der Waals surface area (Å²) in [4.78, 5) is 13.6. The first-order valence-corrected chi connectivity index (χ1v) is 6.73. The van der Waals surface area contributed by atoms with Gasteiger partial charge in [0.25, 0.3) is 0 Å². The van der Waals surface area contributed by atoms with E-state index in [2.05, 4.69) is 5.32 Å². The van der Waals surface area contributed by atoms with Crippen molar-refractivity contribution in [2.75, 3.05) is 25.0 Å². The number of carbonyl (C=O) groups excluding carboxylic acids is 1. The lowest BCUT2D eigenvalue weighted by atomic mass is 10.1. The predicted octanol–water partition coefficient (Wildman–Crippen LogP) is 2.10. The van der Waals surface area contributed by atoms with Crippen LogP contribution >= 0.6 is 0 Å². The highest BCUT2D eigenvalue weighted by atomic mass is 19.4. The summed E-state index contributed by atoms with van der Waals surface area (Å²) in [6.45, 7) is 1.00. The number of hydrogen-bond acceptors (Lipinski definition) is 3. The summed E-state index contributed by atoms with van der Waals surface area (Å²) in [6, 6.07) is 4.88. The number of likely N-dealkylation sites (tertiary alicyclic amines) is 1. The van der Waals surface area contributed by atoms with Crippen LogP contribution in [0.5, 0.6) is 0 Å². The summed E-state index contributed by atoms with van der Waals surface area (Å²) < 4.78 is 38.4. The molecule has 1 unspecified atom stereocenters. The van der Waals surface area contributed by atoms with Crippen LogP contribution in [0.3, 0.4) is 0 Å². The second-order valence-electron chi connectivity index (χ2n) is 5.12. The minimum Gasteiger partial charge on any atom is -0.392 e. The number of aliphatic hydroxyl groups excluding tert-OH is 1. The Hall–Kier alpha value is -1.60. The number of halogens is 3. The molecule has 1 atom stereocenters. The number of alkyl halides is 3. The second-order valence-corrected chi connectivity index (χ2v) is 5.12. The average molecular weight is 302 g/mol. The van der Waals surface area contributed by atoms with Crippen LogP contribution in [0.25, 0.3) is 0 Å². The number of anilines is 1. The molecule has 1 amide bonds. The van der Waals surface area contributed by atoms with Crippen molar-refractivity contribution >= 4 is 11.6 Å². The fraction of sp³-hybridized carbons (Fsp3) is 0.500. The van der Waals surface area contributed by atoms with Crippen molar-refractivity contribution in [3.63, 3.8) is 0 Å².